The molecule has 2 aromatic carbocycles. The van der Waals surface area contributed by atoms with E-state index in [-0.39, 0.29) is 17.0 Å². The molecule has 0 aliphatic rings. The maximum Gasteiger partial charge on any atom is 0.341 e. The van der Waals surface area contributed by atoms with Crippen molar-refractivity contribution in [3.63, 3.8) is 0 Å². The van der Waals surface area contributed by atoms with Gasteiger partial charge in [0.15, 0.2) is 0 Å². The Labute approximate surface area is 172 Å². The number of rotatable bonds is 6. The van der Waals surface area contributed by atoms with Crippen molar-refractivity contribution in [2.75, 3.05) is 26.1 Å². The molecule has 0 aliphatic heterocycles. The van der Waals surface area contributed by atoms with E-state index in [1.54, 1.807) is 25.1 Å². The van der Waals surface area contributed by atoms with Crippen molar-refractivity contribution in [2.45, 2.75) is 6.92 Å². The van der Waals surface area contributed by atoms with E-state index in [9.17, 15) is 14.0 Å². The van der Waals surface area contributed by atoms with Crippen molar-refractivity contribution in [1.29, 1.82) is 0 Å². The van der Waals surface area contributed by atoms with Crippen LogP contribution >= 0.6 is 0 Å². The number of hydrogen-bond donors (Lipinski definition) is 2. The van der Waals surface area contributed by atoms with Gasteiger partial charge >= 0.3 is 12.0 Å². The molecule has 9 heteroatoms. The predicted octanol–water partition coefficient (Wildman–Crippen LogP) is 4.10. The quantitative estimate of drug-likeness (QED) is 0.591. The SMILES string of the molecule is CCNC(=O)Nc1ccc(Oc2ccnc3cc(OC)c(C(=O)OC)cc23)cc1F. The molecule has 156 valence electrons. The molecule has 8 nitrogen and oxygen atoms in total. The summed E-state index contributed by atoms with van der Waals surface area (Å²) in [5.74, 6) is -0.358. The number of halogens is 1. The molecule has 0 spiro atoms. The first kappa shape index (κ1) is 20.8. The summed E-state index contributed by atoms with van der Waals surface area (Å²) in [6.07, 6.45) is 1.52. The zero-order valence-corrected chi connectivity index (χ0v) is 16.6. The van der Waals surface area contributed by atoms with Gasteiger partial charge in [-0.1, -0.05) is 0 Å². The third kappa shape index (κ3) is 4.40. The Morgan fingerprint density at radius 3 is 2.57 bits per heavy atom. The molecular weight excluding hydrogens is 393 g/mol. The molecule has 0 bridgehead atoms. The van der Waals surface area contributed by atoms with Gasteiger partial charge < -0.3 is 24.8 Å². The van der Waals surface area contributed by atoms with Gasteiger partial charge in [0.1, 0.15) is 28.6 Å². The van der Waals surface area contributed by atoms with Crippen LogP contribution in [0.3, 0.4) is 0 Å². The van der Waals surface area contributed by atoms with Crippen molar-refractivity contribution < 1.29 is 28.2 Å². The summed E-state index contributed by atoms with van der Waals surface area (Å²) in [5, 5.41) is 5.45. The van der Waals surface area contributed by atoms with Crippen molar-refractivity contribution in [3.8, 4) is 17.2 Å². The number of nitrogens with one attached hydrogen (secondary N) is 2. The highest BCUT2D eigenvalue weighted by Gasteiger charge is 2.17. The molecule has 3 rings (SSSR count). The van der Waals surface area contributed by atoms with Crippen LogP contribution in [0.2, 0.25) is 0 Å². The lowest BCUT2D eigenvalue weighted by Gasteiger charge is -2.13. The number of hydrogen-bond acceptors (Lipinski definition) is 6. The van der Waals surface area contributed by atoms with Gasteiger partial charge in [0.25, 0.3) is 0 Å². The van der Waals surface area contributed by atoms with Gasteiger partial charge in [0.05, 0.1) is 25.4 Å². The normalized spacial score (nSPS) is 10.4. The van der Waals surface area contributed by atoms with Crippen LogP contribution in [0, 0.1) is 5.82 Å². The summed E-state index contributed by atoms with van der Waals surface area (Å²) in [6, 6.07) is 8.29. The summed E-state index contributed by atoms with van der Waals surface area (Å²) >= 11 is 0. The number of ether oxygens (including phenoxy) is 3. The zero-order chi connectivity index (χ0) is 21.7. The van der Waals surface area contributed by atoms with Crippen molar-refractivity contribution in [1.82, 2.24) is 10.3 Å². The lowest BCUT2D eigenvalue weighted by molar-refractivity contribution is 0.0597. The molecule has 0 radical (unpaired) electrons. The Balaban J connectivity index is 1.94. The van der Waals surface area contributed by atoms with E-state index in [1.807, 2.05) is 0 Å². The van der Waals surface area contributed by atoms with Crippen molar-refractivity contribution in [3.05, 3.63) is 54.0 Å². The Morgan fingerprint density at radius 1 is 1.10 bits per heavy atom. The Hall–Kier alpha value is -3.88. The summed E-state index contributed by atoms with van der Waals surface area (Å²) < 4.78 is 30.2. The van der Waals surface area contributed by atoms with Crippen molar-refractivity contribution in [2.24, 2.45) is 0 Å². The molecule has 0 unspecified atom stereocenters. The van der Waals surface area contributed by atoms with E-state index in [2.05, 4.69) is 15.6 Å². The lowest BCUT2D eigenvalue weighted by atomic mass is 10.1. The predicted molar refractivity (Wildman–Crippen MR) is 109 cm³/mol. The van der Waals surface area contributed by atoms with Crippen LogP contribution in [-0.2, 0) is 4.74 Å². The minimum atomic E-state index is -0.658. The highest BCUT2D eigenvalue weighted by atomic mass is 19.1. The molecule has 0 saturated carbocycles. The van der Waals surface area contributed by atoms with Crippen LogP contribution < -0.4 is 20.1 Å². The van der Waals surface area contributed by atoms with E-state index in [1.165, 1.54) is 32.5 Å². The number of urea groups is 1. The van der Waals surface area contributed by atoms with E-state index >= 15 is 0 Å². The second-order valence-corrected chi connectivity index (χ2v) is 6.10. The van der Waals surface area contributed by atoms with Gasteiger partial charge in [-0.3, -0.25) is 4.98 Å². The van der Waals surface area contributed by atoms with Gasteiger partial charge in [-0.2, -0.15) is 0 Å². The Bertz CT molecular complexity index is 1100. The van der Waals surface area contributed by atoms with Crippen LogP contribution in [0.1, 0.15) is 17.3 Å². The first-order valence-corrected chi connectivity index (χ1v) is 9.04. The van der Waals surface area contributed by atoms with Crippen LogP contribution in [0.5, 0.6) is 17.2 Å². The van der Waals surface area contributed by atoms with E-state index in [0.29, 0.717) is 28.9 Å². The molecule has 3 aromatic rings. The zero-order valence-electron chi connectivity index (χ0n) is 16.6. The maximum absolute atomic E-state index is 14.4. The molecule has 0 fully saturated rings. The number of benzene rings is 2. The number of methoxy groups -OCH3 is 2. The fraction of sp³-hybridized carbons (Fsp3) is 0.190. The van der Waals surface area contributed by atoms with E-state index < -0.39 is 17.8 Å². The van der Waals surface area contributed by atoms with Gasteiger partial charge in [0, 0.05) is 30.3 Å². The molecule has 30 heavy (non-hydrogen) atoms. The molecule has 1 heterocycles. The molecule has 0 saturated heterocycles. The molecule has 0 aliphatic carbocycles. The lowest BCUT2D eigenvalue weighted by Crippen LogP contribution is -2.28. The van der Waals surface area contributed by atoms with Crippen LogP contribution in [-0.4, -0.2) is 37.7 Å². The minimum Gasteiger partial charge on any atom is -0.496 e. The van der Waals surface area contributed by atoms with Gasteiger partial charge in [-0.25, -0.2) is 14.0 Å². The fourth-order valence-electron chi connectivity index (χ4n) is 2.79. The third-order valence-corrected chi connectivity index (χ3v) is 4.18. The smallest absolute Gasteiger partial charge is 0.341 e. The topological polar surface area (TPSA) is 98.8 Å². The van der Waals surface area contributed by atoms with Gasteiger partial charge in [0.2, 0.25) is 0 Å². The molecule has 0 atom stereocenters. The number of amides is 2. The molecule has 2 amide bonds. The number of esters is 1. The fourth-order valence-corrected chi connectivity index (χ4v) is 2.79. The highest BCUT2D eigenvalue weighted by Crippen LogP contribution is 2.34. The third-order valence-electron chi connectivity index (χ3n) is 4.18. The largest absolute Gasteiger partial charge is 0.496 e. The number of fused-ring (bicyclic) bond motifs is 1. The second-order valence-electron chi connectivity index (χ2n) is 6.10. The number of pyridine rings is 1. The molecule has 1 aromatic heterocycles. The van der Waals surface area contributed by atoms with Gasteiger partial charge in [-0.15, -0.1) is 0 Å². The number of nitrogens with zero attached hydrogens (tertiary/aromatic N) is 1. The van der Waals surface area contributed by atoms with Gasteiger partial charge in [-0.05, 0) is 31.2 Å². The average molecular weight is 413 g/mol. The average Bonchev–Trinajstić information content (AvgIpc) is 2.74. The number of carbonyl (C=O) groups excluding carboxylic acids is 2. The Morgan fingerprint density at radius 2 is 1.90 bits per heavy atom. The minimum absolute atomic E-state index is 0.0191. The summed E-state index contributed by atoms with van der Waals surface area (Å²) in [5.41, 5.74) is 0.746. The number of carbonyl (C=O) groups is 2. The van der Waals surface area contributed by atoms with E-state index in [0.717, 1.165) is 6.07 Å². The first-order chi connectivity index (χ1) is 14.5. The molecular formula is C21H20FN3O5. The Kier molecular flexibility index (Phi) is 6.31. The summed E-state index contributed by atoms with van der Waals surface area (Å²) in [6.45, 7) is 2.18. The van der Waals surface area contributed by atoms with Crippen molar-refractivity contribution >= 4 is 28.6 Å². The number of aromatic nitrogens is 1. The maximum atomic E-state index is 14.4. The van der Waals surface area contributed by atoms with Crippen LogP contribution in [0.25, 0.3) is 10.9 Å². The van der Waals surface area contributed by atoms with Crippen LogP contribution in [0.4, 0.5) is 14.9 Å². The van der Waals surface area contributed by atoms with Crippen LogP contribution in [0.15, 0.2) is 42.6 Å². The standard InChI is InChI=1S/C21H20FN3O5/c1-4-23-21(27)25-16-6-5-12(9-15(16)22)30-18-7-8-24-17-11-19(28-2)14(10-13(17)18)20(26)29-3/h5-11H,4H2,1-3H3,(H2,23,25,27). The second kappa shape index (κ2) is 9.08. The summed E-state index contributed by atoms with van der Waals surface area (Å²) in [7, 11) is 2.71. The first-order valence-electron chi connectivity index (χ1n) is 9.04. The molecule has 2 N–H and O–H groups in total. The monoisotopic (exact) mass is 413 g/mol. The summed E-state index contributed by atoms with van der Waals surface area (Å²) in [4.78, 5) is 27.9. The number of anilines is 1. The highest BCUT2D eigenvalue weighted by molar-refractivity contribution is 5.99. The van der Waals surface area contributed by atoms with E-state index in [4.69, 9.17) is 14.2 Å².